The van der Waals surface area contributed by atoms with Crippen molar-refractivity contribution in [3.63, 3.8) is 0 Å². The van der Waals surface area contributed by atoms with Crippen molar-refractivity contribution in [2.24, 2.45) is 11.8 Å². The minimum Gasteiger partial charge on any atom is -0.444 e. The highest BCUT2D eigenvalue weighted by Gasteiger charge is 2.39. The van der Waals surface area contributed by atoms with Crippen LogP contribution >= 0.6 is 0 Å². The summed E-state index contributed by atoms with van der Waals surface area (Å²) in [5.74, 6) is 0.132. The highest BCUT2D eigenvalue weighted by atomic mass is 19.1. The van der Waals surface area contributed by atoms with Crippen LogP contribution in [-0.4, -0.2) is 60.9 Å². The van der Waals surface area contributed by atoms with Gasteiger partial charge in [-0.2, -0.15) is 0 Å². The van der Waals surface area contributed by atoms with Gasteiger partial charge in [-0.15, -0.1) is 0 Å². The summed E-state index contributed by atoms with van der Waals surface area (Å²) < 4.78 is 19.0. The van der Waals surface area contributed by atoms with Crippen LogP contribution in [0.5, 0.6) is 0 Å². The fourth-order valence-corrected chi connectivity index (χ4v) is 4.17. The summed E-state index contributed by atoms with van der Waals surface area (Å²) >= 11 is 0. The minimum absolute atomic E-state index is 0.0264. The van der Waals surface area contributed by atoms with Crippen molar-refractivity contribution in [2.75, 3.05) is 20.1 Å². The quantitative estimate of drug-likeness (QED) is 0.763. The molecule has 0 aromatic heterocycles. The Balaban J connectivity index is 2.08. The Morgan fingerprint density at radius 3 is 2.26 bits per heavy atom. The molecule has 0 radical (unpaired) electrons. The third-order valence-electron chi connectivity index (χ3n) is 5.83. The number of nitrogens with one attached hydrogen (secondary N) is 2. The SMILES string of the molecule is CNC1CCC([C@H](C)[C@H](NC(=O)OC(C)(C)C)C(=O)N2CC[C@H](F)C2)CC1. The maximum Gasteiger partial charge on any atom is 0.408 e. The molecule has 6 nitrogen and oxygen atoms in total. The predicted octanol–water partition coefficient (Wildman–Crippen LogP) is 2.86. The molecule has 1 aliphatic carbocycles. The molecule has 2 N–H and O–H groups in total. The normalized spacial score (nSPS) is 28.5. The van der Waals surface area contributed by atoms with E-state index < -0.39 is 23.9 Å². The number of alkyl halides is 1. The molecule has 1 saturated carbocycles. The van der Waals surface area contributed by atoms with Gasteiger partial charge >= 0.3 is 6.09 Å². The van der Waals surface area contributed by atoms with Crippen molar-refractivity contribution < 1.29 is 18.7 Å². The molecule has 156 valence electrons. The largest absolute Gasteiger partial charge is 0.444 e. The molecule has 0 bridgehead atoms. The Labute approximate surface area is 162 Å². The van der Waals surface area contributed by atoms with E-state index in [2.05, 4.69) is 10.6 Å². The molecule has 2 fully saturated rings. The van der Waals surface area contributed by atoms with E-state index in [9.17, 15) is 14.0 Å². The summed E-state index contributed by atoms with van der Waals surface area (Å²) in [6, 6.07) is -0.159. The highest BCUT2D eigenvalue weighted by Crippen LogP contribution is 2.33. The molecule has 1 aliphatic heterocycles. The summed E-state index contributed by atoms with van der Waals surface area (Å²) in [6.07, 6.45) is 2.96. The number of hydrogen-bond acceptors (Lipinski definition) is 4. The number of alkyl carbamates (subject to hydrolysis) is 1. The molecule has 27 heavy (non-hydrogen) atoms. The molecular weight excluding hydrogens is 349 g/mol. The number of ether oxygens (including phenoxy) is 1. The number of hydrogen-bond donors (Lipinski definition) is 2. The molecule has 7 heteroatoms. The van der Waals surface area contributed by atoms with Crippen LogP contribution in [0.25, 0.3) is 0 Å². The number of amides is 2. The van der Waals surface area contributed by atoms with Gasteiger partial charge in [-0.3, -0.25) is 4.79 Å². The molecule has 0 aromatic carbocycles. The zero-order valence-electron chi connectivity index (χ0n) is 17.4. The lowest BCUT2D eigenvalue weighted by Gasteiger charge is -2.37. The summed E-state index contributed by atoms with van der Waals surface area (Å²) in [5, 5.41) is 6.11. The van der Waals surface area contributed by atoms with E-state index >= 15 is 0 Å². The van der Waals surface area contributed by atoms with E-state index in [4.69, 9.17) is 4.74 Å². The van der Waals surface area contributed by atoms with Gasteiger partial charge in [0.15, 0.2) is 0 Å². The lowest BCUT2D eigenvalue weighted by Crippen LogP contribution is -2.54. The second kappa shape index (κ2) is 9.22. The van der Waals surface area contributed by atoms with Gasteiger partial charge in [0, 0.05) is 12.6 Å². The fraction of sp³-hybridized carbons (Fsp3) is 0.900. The van der Waals surface area contributed by atoms with Gasteiger partial charge in [0.1, 0.15) is 17.8 Å². The molecule has 0 aromatic rings. The molecule has 2 amide bonds. The van der Waals surface area contributed by atoms with Crippen LogP contribution < -0.4 is 10.6 Å². The van der Waals surface area contributed by atoms with Crippen LogP contribution in [0.4, 0.5) is 9.18 Å². The molecule has 2 rings (SSSR count). The van der Waals surface area contributed by atoms with Gasteiger partial charge in [0.05, 0.1) is 6.54 Å². The van der Waals surface area contributed by atoms with Gasteiger partial charge in [-0.25, -0.2) is 9.18 Å². The predicted molar refractivity (Wildman–Crippen MR) is 103 cm³/mol. The number of nitrogens with zero attached hydrogens (tertiary/aromatic N) is 1. The molecule has 2 aliphatic rings. The Morgan fingerprint density at radius 1 is 1.15 bits per heavy atom. The van der Waals surface area contributed by atoms with E-state index in [1.807, 2.05) is 14.0 Å². The lowest BCUT2D eigenvalue weighted by molar-refractivity contribution is -0.134. The monoisotopic (exact) mass is 385 g/mol. The fourth-order valence-electron chi connectivity index (χ4n) is 4.17. The third-order valence-corrected chi connectivity index (χ3v) is 5.83. The van der Waals surface area contributed by atoms with Gasteiger partial charge in [-0.05, 0) is 71.8 Å². The maximum atomic E-state index is 13.6. The van der Waals surface area contributed by atoms with Gasteiger partial charge in [-0.1, -0.05) is 6.92 Å². The number of rotatable bonds is 5. The van der Waals surface area contributed by atoms with Crippen molar-refractivity contribution in [2.45, 2.75) is 83.7 Å². The van der Waals surface area contributed by atoms with Crippen LogP contribution in [0, 0.1) is 11.8 Å². The molecule has 1 saturated heterocycles. The number of likely N-dealkylation sites (tertiary alicyclic amines) is 1. The first kappa shape index (κ1) is 21.9. The Hall–Kier alpha value is -1.37. The van der Waals surface area contributed by atoms with Gasteiger partial charge in [0.2, 0.25) is 5.91 Å². The third kappa shape index (κ3) is 6.33. The lowest BCUT2D eigenvalue weighted by atomic mass is 9.76. The highest BCUT2D eigenvalue weighted by molar-refractivity contribution is 5.86. The van der Waals surface area contributed by atoms with Crippen molar-refractivity contribution in [3.8, 4) is 0 Å². The molecule has 3 atom stereocenters. The first-order valence-electron chi connectivity index (χ1n) is 10.2. The van der Waals surface area contributed by atoms with Crippen LogP contribution in [0.3, 0.4) is 0 Å². The number of carbonyl (C=O) groups excluding carboxylic acids is 2. The zero-order chi connectivity index (χ0) is 20.2. The molecule has 0 spiro atoms. The van der Waals surface area contributed by atoms with Crippen LogP contribution in [0.1, 0.15) is 59.8 Å². The van der Waals surface area contributed by atoms with E-state index in [1.165, 1.54) is 0 Å². The summed E-state index contributed by atoms with van der Waals surface area (Å²) in [5.41, 5.74) is -0.635. The molecular formula is C20H36FN3O3. The summed E-state index contributed by atoms with van der Waals surface area (Å²) in [6.45, 7) is 7.92. The Kier molecular flexibility index (Phi) is 7.48. The smallest absolute Gasteiger partial charge is 0.408 e. The first-order chi connectivity index (χ1) is 12.6. The van der Waals surface area contributed by atoms with Crippen molar-refractivity contribution >= 4 is 12.0 Å². The second-order valence-corrected chi connectivity index (χ2v) is 9.05. The number of halogens is 1. The van der Waals surface area contributed by atoms with E-state index in [-0.39, 0.29) is 18.4 Å². The van der Waals surface area contributed by atoms with E-state index in [0.717, 1.165) is 25.7 Å². The molecule has 1 heterocycles. The average molecular weight is 386 g/mol. The zero-order valence-corrected chi connectivity index (χ0v) is 17.4. The Bertz CT molecular complexity index is 515. The minimum atomic E-state index is -0.975. The first-order valence-corrected chi connectivity index (χ1v) is 10.2. The van der Waals surface area contributed by atoms with Crippen molar-refractivity contribution in [1.29, 1.82) is 0 Å². The average Bonchev–Trinajstić information content (AvgIpc) is 3.03. The standard InChI is InChI=1S/C20H36FN3O3/c1-13(14-6-8-16(22-5)9-7-14)17(23-19(26)27-20(2,3)4)18(25)24-11-10-15(21)12-24/h13-17,22H,6-12H2,1-5H3,(H,23,26)/t13-,14?,15-,16?,17-/m0/s1. The topological polar surface area (TPSA) is 70.7 Å². The Morgan fingerprint density at radius 2 is 1.78 bits per heavy atom. The van der Waals surface area contributed by atoms with Crippen LogP contribution in [0.15, 0.2) is 0 Å². The van der Waals surface area contributed by atoms with Gasteiger partial charge in [0.25, 0.3) is 0 Å². The molecule has 0 unspecified atom stereocenters. The van der Waals surface area contributed by atoms with Crippen molar-refractivity contribution in [1.82, 2.24) is 15.5 Å². The van der Waals surface area contributed by atoms with E-state index in [1.54, 1.807) is 25.7 Å². The summed E-state index contributed by atoms with van der Waals surface area (Å²) in [7, 11) is 1.98. The van der Waals surface area contributed by atoms with Crippen LogP contribution in [-0.2, 0) is 9.53 Å². The number of carbonyl (C=O) groups is 2. The van der Waals surface area contributed by atoms with Crippen LogP contribution in [0.2, 0.25) is 0 Å². The maximum absolute atomic E-state index is 13.6. The summed E-state index contributed by atoms with van der Waals surface area (Å²) in [4.78, 5) is 27.0. The van der Waals surface area contributed by atoms with Crippen molar-refractivity contribution in [3.05, 3.63) is 0 Å². The van der Waals surface area contributed by atoms with E-state index in [0.29, 0.717) is 24.9 Å². The van der Waals surface area contributed by atoms with Gasteiger partial charge < -0.3 is 20.3 Å². The second-order valence-electron chi connectivity index (χ2n) is 9.05.